The zero-order chi connectivity index (χ0) is 18.3. The highest BCUT2D eigenvalue weighted by molar-refractivity contribution is 5.93. The summed E-state index contributed by atoms with van der Waals surface area (Å²) >= 11 is 0. The van der Waals surface area contributed by atoms with Gasteiger partial charge in [0.1, 0.15) is 18.0 Å². The van der Waals surface area contributed by atoms with E-state index >= 15 is 0 Å². The quantitative estimate of drug-likeness (QED) is 0.740. The van der Waals surface area contributed by atoms with Gasteiger partial charge < -0.3 is 25.0 Å². The molecular weight excluding hydrogens is 338 g/mol. The molecule has 1 aromatic carbocycles. The second-order valence-corrected chi connectivity index (χ2v) is 7.37. The molecule has 0 radical (unpaired) electrons. The Morgan fingerprint density at radius 2 is 2.08 bits per heavy atom. The van der Waals surface area contributed by atoms with Crippen LogP contribution in [0.3, 0.4) is 0 Å². The number of hydrogen-bond donors (Lipinski definition) is 3. The lowest BCUT2D eigenvalue weighted by atomic mass is 9.83. The van der Waals surface area contributed by atoms with Gasteiger partial charge in [0, 0.05) is 23.1 Å². The molecule has 2 heterocycles. The molecule has 1 saturated heterocycles. The van der Waals surface area contributed by atoms with Gasteiger partial charge in [-0.2, -0.15) is 0 Å². The van der Waals surface area contributed by atoms with Crippen molar-refractivity contribution in [1.29, 1.82) is 0 Å². The summed E-state index contributed by atoms with van der Waals surface area (Å²) in [5, 5.41) is 21.7. The van der Waals surface area contributed by atoms with Gasteiger partial charge >= 0.3 is 5.97 Å². The Morgan fingerprint density at radius 3 is 2.73 bits per heavy atom. The number of carbonyl (C=O) groups is 2. The number of nitrogens with one attached hydrogen (secondary N) is 1. The Hall–Kier alpha value is -2.12. The number of ether oxygens (including phenoxy) is 2. The summed E-state index contributed by atoms with van der Waals surface area (Å²) in [6.45, 7) is -0.226. The van der Waals surface area contributed by atoms with Crippen molar-refractivity contribution < 1.29 is 29.3 Å². The number of fused-ring (bicyclic) bond motifs is 3. The monoisotopic (exact) mass is 361 g/mol. The van der Waals surface area contributed by atoms with E-state index in [4.69, 9.17) is 14.6 Å². The number of anilines is 1. The molecule has 0 bridgehead atoms. The van der Waals surface area contributed by atoms with Crippen molar-refractivity contribution in [3.63, 3.8) is 0 Å². The van der Waals surface area contributed by atoms with E-state index in [-0.39, 0.29) is 36.9 Å². The maximum Gasteiger partial charge on any atom is 0.305 e. The summed E-state index contributed by atoms with van der Waals surface area (Å²) in [6.07, 6.45) is 2.04. The zero-order valence-corrected chi connectivity index (χ0v) is 14.4. The molecule has 2 fully saturated rings. The van der Waals surface area contributed by atoms with Crippen LogP contribution in [0.4, 0.5) is 5.69 Å². The highest BCUT2D eigenvalue weighted by Gasteiger charge is 2.46. The van der Waals surface area contributed by atoms with E-state index in [2.05, 4.69) is 5.32 Å². The third-order valence-corrected chi connectivity index (χ3v) is 5.65. The van der Waals surface area contributed by atoms with Crippen LogP contribution in [0.25, 0.3) is 0 Å². The number of aliphatic hydroxyl groups is 1. The predicted molar refractivity (Wildman–Crippen MR) is 92.2 cm³/mol. The molecule has 7 heteroatoms. The first-order valence-corrected chi connectivity index (χ1v) is 9.14. The number of hydrogen-bond acceptors (Lipinski definition) is 5. The fourth-order valence-corrected chi connectivity index (χ4v) is 4.08. The molecule has 0 spiro atoms. The van der Waals surface area contributed by atoms with Gasteiger partial charge in [-0.25, -0.2) is 0 Å². The lowest BCUT2D eigenvalue weighted by molar-refractivity contribution is -0.153. The van der Waals surface area contributed by atoms with Crippen LogP contribution in [-0.4, -0.2) is 47.0 Å². The third kappa shape index (κ3) is 3.17. The fraction of sp³-hybridized carbons (Fsp3) is 0.579. The first kappa shape index (κ1) is 17.3. The van der Waals surface area contributed by atoms with E-state index < -0.39 is 18.2 Å². The van der Waals surface area contributed by atoms with Crippen LogP contribution in [0.1, 0.15) is 43.6 Å². The topological polar surface area (TPSA) is 105 Å². The molecule has 7 nitrogen and oxygen atoms in total. The lowest BCUT2D eigenvalue weighted by Gasteiger charge is -2.36. The first-order valence-electron chi connectivity index (χ1n) is 9.14. The van der Waals surface area contributed by atoms with Crippen molar-refractivity contribution in [1.82, 2.24) is 0 Å². The molecule has 1 aliphatic carbocycles. The molecular formula is C19H23NO6. The van der Waals surface area contributed by atoms with Gasteiger partial charge in [0.2, 0.25) is 5.91 Å². The number of amides is 1. The molecule has 0 aromatic heterocycles. The van der Waals surface area contributed by atoms with E-state index in [1.807, 2.05) is 18.2 Å². The highest BCUT2D eigenvalue weighted by atomic mass is 16.6. The van der Waals surface area contributed by atoms with Gasteiger partial charge in [-0.1, -0.05) is 6.42 Å². The van der Waals surface area contributed by atoms with E-state index in [0.717, 1.165) is 30.5 Å². The summed E-state index contributed by atoms with van der Waals surface area (Å²) in [7, 11) is 0. The number of rotatable bonds is 5. The Morgan fingerprint density at radius 1 is 1.27 bits per heavy atom. The summed E-state index contributed by atoms with van der Waals surface area (Å²) in [6, 6.07) is 5.55. The van der Waals surface area contributed by atoms with Crippen LogP contribution < -0.4 is 10.1 Å². The zero-order valence-electron chi connectivity index (χ0n) is 14.4. The van der Waals surface area contributed by atoms with Crippen LogP contribution in [0.15, 0.2) is 18.2 Å². The predicted octanol–water partition coefficient (Wildman–Crippen LogP) is 1.89. The van der Waals surface area contributed by atoms with Crippen LogP contribution in [0.2, 0.25) is 0 Å². The number of carbonyl (C=O) groups excluding carboxylic acids is 1. The van der Waals surface area contributed by atoms with E-state index in [9.17, 15) is 14.7 Å². The number of carboxylic acid groups (broad SMARTS) is 1. The van der Waals surface area contributed by atoms with Crippen molar-refractivity contribution in [2.24, 2.45) is 5.92 Å². The maximum absolute atomic E-state index is 12.2. The van der Waals surface area contributed by atoms with E-state index in [1.165, 1.54) is 0 Å². The standard InChI is InChI=1S/C19H23NO6/c21-9-16-18-14(7-12(25-16)8-17(22)23)13-6-11(4-5-15(13)26-18)20-19(24)10-2-1-3-10/h4-6,10,12,14,16,18,21H,1-3,7-9H2,(H,20,24)(H,22,23)/t12-,14-,16+,18+/m1/s1. The minimum Gasteiger partial charge on any atom is -0.487 e. The molecule has 4 rings (SSSR count). The average Bonchev–Trinajstić information content (AvgIpc) is 2.90. The Balaban J connectivity index is 1.54. The molecule has 26 heavy (non-hydrogen) atoms. The third-order valence-electron chi connectivity index (χ3n) is 5.65. The van der Waals surface area contributed by atoms with Gasteiger partial charge in [0.05, 0.1) is 19.1 Å². The minimum absolute atomic E-state index is 0.0515. The number of aliphatic hydroxyl groups excluding tert-OH is 1. The molecule has 4 atom stereocenters. The average molecular weight is 361 g/mol. The van der Waals surface area contributed by atoms with Crippen LogP contribution in [0.5, 0.6) is 5.75 Å². The Bertz CT molecular complexity index is 716. The molecule has 3 N–H and O–H groups in total. The van der Waals surface area contributed by atoms with E-state index in [0.29, 0.717) is 12.2 Å². The lowest BCUT2D eigenvalue weighted by Crippen LogP contribution is -2.46. The van der Waals surface area contributed by atoms with Crippen molar-refractivity contribution in [3.8, 4) is 5.75 Å². The number of carboxylic acids is 1. The van der Waals surface area contributed by atoms with Crippen molar-refractivity contribution in [3.05, 3.63) is 23.8 Å². The summed E-state index contributed by atoms with van der Waals surface area (Å²) in [4.78, 5) is 23.2. The molecule has 0 unspecified atom stereocenters. The smallest absolute Gasteiger partial charge is 0.305 e. The summed E-state index contributed by atoms with van der Waals surface area (Å²) in [5.74, 6) is -0.115. The van der Waals surface area contributed by atoms with Crippen molar-refractivity contribution >= 4 is 17.6 Å². The Labute approximate surface area is 151 Å². The molecule has 1 aromatic rings. The fourth-order valence-electron chi connectivity index (χ4n) is 4.08. The number of benzene rings is 1. The molecule has 1 amide bonds. The second-order valence-electron chi connectivity index (χ2n) is 7.37. The number of aliphatic carboxylic acids is 1. The highest BCUT2D eigenvalue weighted by Crippen LogP contribution is 2.47. The molecule has 3 aliphatic rings. The molecule has 140 valence electrons. The molecule has 2 aliphatic heterocycles. The van der Waals surface area contributed by atoms with Crippen LogP contribution >= 0.6 is 0 Å². The molecule has 1 saturated carbocycles. The van der Waals surface area contributed by atoms with Crippen LogP contribution in [0, 0.1) is 5.92 Å². The first-order chi connectivity index (χ1) is 12.5. The second kappa shape index (κ2) is 6.89. The van der Waals surface area contributed by atoms with Crippen molar-refractivity contribution in [2.75, 3.05) is 11.9 Å². The Kier molecular flexibility index (Phi) is 4.58. The van der Waals surface area contributed by atoms with Gasteiger partial charge in [-0.05, 0) is 37.5 Å². The van der Waals surface area contributed by atoms with Gasteiger partial charge in [0.15, 0.2) is 0 Å². The van der Waals surface area contributed by atoms with Crippen molar-refractivity contribution in [2.45, 2.75) is 56.3 Å². The van der Waals surface area contributed by atoms with Gasteiger partial charge in [0.25, 0.3) is 0 Å². The SMILES string of the molecule is O=C(O)C[C@H]1C[C@@H]2c3cc(NC(=O)C4CCC4)ccc3O[C@@H]2[C@H](CO)O1. The van der Waals surface area contributed by atoms with E-state index in [1.54, 1.807) is 0 Å². The van der Waals surface area contributed by atoms with Gasteiger partial charge in [-0.15, -0.1) is 0 Å². The largest absolute Gasteiger partial charge is 0.487 e. The van der Waals surface area contributed by atoms with Crippen LogP contribution in [-0.2, 0) is 14.3 Å². The summed E-state index contributed by atoms with van der Waals surface area (Å²) in [5.41, 5.74) is 1.67. The van der Waals surface area contributed by atoms with Gasteiger partial charge in [-0.3, -0.25) is 9.59 Å². The maximum atomic E-state index is 12.2. The summed E-state index contributed by atoms with van der Waals surface area (Å²) < 4.78 is 11.7. The normalized spacial score (nSPS) is 29.9. The minimum atomic E-state index is -0.925.